The summed E-state index contributed by atoms with van der Waals surface area (Å²) in [6, 6.07) is 13.2. The predicted octanol–water partition coefficient (Wildman–Crippen LogP) is 1.47. The number of rotatable bonds is 4. The molecule has 0 radical (unpaired) electrons. The maximum Gasteiger partial charge on any atom is 0.263 e. The van der Waals surface area contributed by atoms with Gasteiger partial charge in [-0.3, -0.25) is 14.8 Å². The van der Waals surface area contributed by atoms with Crippen molar-refractivity contribution in [1.82, 2.24) is 14.7 Å². The molecule has 0 spiro atoms. The van der Waals surface area contributed by atoms with Crippen molar-refractivity contribution in [3.8, 4) is 0 Å². The third-order valence-electron chi connectivity index (χ3n) is 4.47. The summed E-state index contributed by atoms with van der Waals surface area (Å²) in [4.78, 5) is 26.4. The van der Waals surface area contributed by atoms with E-state index in [4.69, 9.17) is 5.21 Å². The highest BCUT2D eigenvalue weighted by molar-refractivity contribution is 9.10. The minimum absolute atomic E-state index is 0.0402. The second-order valence-electron chi connectivity index (χ2n) is 6.18. The molecule has 1 aliphatic heterocycles. The van der Waals surface area contributed by atoms with Gasteiger partial charge in [-0.1, -0.05) is 34.1 Å². The maximum absolute atomic E-state index is 13.0. The highest BCUT2D eigenvalue weighted by atomic mass is 79.9. The monoisotopic (exact) mass is 467 g/mol. The zero-order chi connectivity index (χ0) is 20.3. The number of piperazine rings is 1. The van der Waals surface area contributed by atoms with Gasteiger partial charge in [-0.05, 0) is 36.4 Å². The molecule has 2 N–H and O–H groups in total. The number of hydrogen-bond acceptors (Lipinski definition) is 5. The summed E-state index contributed by atoms with van der Waals surface area (Å²) in [6.45, 7) is -0.124. The van der Waals surface area contributed by atoms with Crippen LogP contribution in [0.3, 0.4) is 0 Å². The normalized spacial score (nSPS) is 17.9. The van der Waals surface area contributed by atoms with E-state index in [1.807, 2.05) is 0 Å². The average Bonchev–Trinajstić information content (AvgIpc) is 2.73. The number of amides is 2. The molecule has 1 saturated heterocycles. The summed E-state index contributed by atoms with van der Waals surface area (Å²) in [5.74, 6) is -1.21. The van der Waals surface area contributed by atoms with Gasteiger partial charge in [-0.25, -0.2) is 13.9 Å². The summed E-state index contributed by atoms with van der Waals surface area (Å²) < 4.78 is 27.7. The van der Waals surface area contributed by atoms with E-state index in [1.165, 1.54) is 22.5 Å². The van der Waals surface area contributed by atoms with Crippen molar-refractivity contribution in [2.45, 2.75) is 10.9 Å². The standard InChI is InChI=1S/C18H18BrN3O5S/c19-14-8-6-13(7-9-14)18(24)21-10-11-22(16(12-21)17(23)20-25)28(26,27)15-4-2-1-3-5-15/h1-9,16,25H,10-12H2,(H,20,23). The van der Waals surface area contributed by atoms with Crippen molar-refractivity contribution < 1.29 is 23.2 Å². The third-order valence-corrected chi connectivity index (χ3v) is 6.92. The molecular formula is C18H18BrN3O5S. The van der Waals surface area contributed by atoms with Gasteiger partial charge in [0.1, 0.15) is 6.04 Å². The summed E-state index contributed by atoms with van der Waals surface area (Å²) in [5.41, 5.74) is 1.93. The number of carbonyl (C=O) groups is 2. The van der Waals surface area contributed by atoms with E-state index in [1.54, 1.807) is 42.5 Å². The minimum Gasteiger partial charge on any atom is -0.335 e. The molecule has 1 fully saturated rings. The van der Waals surface area contributed by atoms with E-state index in [9.17, 15) is 18.0 Å². The molecular weight excluding hydrogens is 450 g/mol. The first-order valence-electron chi connectivity index (χ1n) is 8.40. The highest BCUT2D eigenvalue weighted by Crippen LogP contribution is 2.23. The fraction of sp³-hybridized carbons (Fsp3) is 0.222. The van der Waals surface area contributed by atoms with Gasteiger partial charge in [0, 0.05) is 29.7 Å². The second-order valence-corrected chi connectivity index (χ2v) is 8.98. The second kappa shape index (κ2) is 8.39. The van der Waals surface area contributed by atoms with Gasteiger partial charge >= 0.3 is 0 Å². The van der Waals surface area contributed by atoms with Crippen LogP contribution in [0.15, 0.2) is 64.0 Å². The quantitative estimate of drug-likeness (QED) is 0.522. The molecule has 2 aromatic carbocycles. The number of sulfonamides is 1. The molecule has 0 saturated carbocycles. The zero-order valence-corrected chi connectivity index (χ0v) is 17.1. The van der Waals surface area contributed by atoms with Crippen LogP contribution in [-0.2, 0) is 14.8 Å². The zero-order valence-electron chi connectivity index (χ0n) is 14.7. The summed E-state index contributed by atoms with van der Waals surface area (Å²) in [5, 5.41) is 9.08. The smallest absolute Gasteiger partial charge is 0.263 e. The molecule has 0 bridgehead atoms. The fourth-order valence-corrected chi connectivity index (χ4v) is 4.89. The summed E-state index contributed by atoms with van der Waals surface area (Å²) >= 11 is 3.30. The topological polar surface area (TPSA) is 107 Å². The van der Waals surface area contributed by atoms with Gasteiger partial charge < -0.3 is 4.90 Å². The average molecular weight is 468 g/mol. The molecule has 2 aromatic rings. The lowest BCUT2D eigenvalue weighted by Crippen LogP contribution is -2.61. The molecule has 1 aliphatic rings. The largest absolute Gasteiger partial charge is 0.335 e. The van der Waals surface area contributed by atoms with Crippen molar-refractivity contribution in [2.75, 3.05) is 19.6 Å². The molecule has 0 aromatic heterocycles. The molecule has 1 atom stereocenters. The van der Waals surface area contributed by atoms with Crippen molar-refractivity contribution in [3.63, 3.8) is 0 Å². The Morgan fingerprint density at radius 2 is 1.68 bits per heavy atom. The first kappa shape index (κ1) is 20.5. The number of carbonyl (C=O) groups excluding carboxylic acids is 2. The molecule has 3 rings (SSSR count). The van der Waals surface area contributed by atoms with Crippen LogP contribution in [0.4, 0.5) is 0 Å². The number of nitrogens with zero attached hydrogens (tertiary/aromatic N) is 2. The Balaban J connectivity index is 1.87. The van der Waals surface area contributed by atoms with Gasteiger partial charge in [0.2, 0.25) is 10.0 Å². The Hall–Kier alpha value is -2.27. The van der Waals surface area contributed by atoms with Crippen LogP contribution >= 0.6 is 15.9 Å². The van der Waals surface area contributed by atoms with E-state index in [-0.39, 0.29) is 30.4 Å². The van der Waals surface area contributed by atoms with Crippen LogP contribution < -0.4 is 5.48 Å². The summed E-state index contributed by atoms with van der Waals surface area (Å²) in [7, 11) is -3.97. The van der Waals surface area contributed by atoms with Gasteiger partial charge in [-0.2, -0.15) is 4.31 Å². The predicted molar refractivity (Wildman–Crippen MR) is 104 cm³/mol. The highest BCUT2D eigenvalue weighted by Gasteiger charge is 2.41. The van der Waals surface area contributed by atoms with Gasteiger partial charge in [-0.15, -0.1) is 0 Å². The Labute approximate surface area is 170 Å². The number of hydrogen-bond donors (Lipinski definition) is 2. The Morgan fingerprint density at radius 3 is 2.29 bits per heavy atom. The third kappa shape index (κ3) is 4.09. The van der Waals surface area contributed by atoms with Crippen molar-refractivity contribution >= 4 is 37.8 Å². The van der Waals surface area contributed by atoms with Crippen molar-refractivity contribution in [3.05, 3.63) is 64.6 Å². The fourth-order valence-electron chi connectivity index (χ4n) is 3.03. The molecule has 148 valence electrons. The first-order chi connectivity index (χ1) is 13.3. The van der Waals surface area contributed by atoms with Crippen LogP contribution in [0.25, 0.3) is 0 Å². The van der Waals surface area contributed by atoms with Crippen LogP contribution in [0.5, 0.6) is 0 Å². The van der Waals surface area contributed by atoms with Gasteiger partial charge in [0.15, 0.2) is 0 Å². The first-order valence-corrected chi connectivity index (χ1v) is 10.6. The van der Waals surface area contributed by atoms with Crippen LogP contribution in [0, 0.1) is 0 Å². The molecule has 28 heavy (non-hydrogen) atoms. The van der Waals surface area contributed by atoms with E-state index in [0.717, 1.165) is 8.78 Å². The van der Waals surface area contributed by atoms with Gasteiger partial charge in [0.25, 0.3) is 11.8 Å². The Bertz CT molecular complexity index is 966. The molecule has 8 nitrogen and oxygen atoms in total. The number of nitrogens with one attached hydrogen (secondary N) is 1. The number of hydroxylamine groups is 1. The maximum atomic E-state index is 13.0. The lowest BCUT2D eigenvalue weighted by Gasteiger charge is -2.39. The van der Waals surface area contributed by atoms with E-state index >= 15 is 0 Å². The Kier molecular flexibility index (Phi) is 6.14. The Morgan fingerprint density at radius 1 is 1.04 bits per heavy atom. The lowest BCUT2D eigenvalue weighted by molar-refractivity contribution is -0.134. The van der Waals surface area contributed by atoms with Crippen LogP contribution in [-0.4, -0.2) is 60.3 Å². The lowest BCUT2D eigenvalue weighted by atomic mass is 10.1. The van der Waals surface area contributed by atoms with Crippen LogP contribution in [0.1, 0.15) is 10.4 Å². The minimum atomic E-state index is -3.97. The molecule has 2 amide bonds. The van der Waals surface area contributed by atoms with Crippen molar-refractivity contribution in [2.24, 2.45) is 0 Å². The molecule has 1 unspecified atom stereocenters. The van der Waals surface area contributed by atoms with Crippen LogP contribution in [0.2, 0.25) is 0 Å². The van der Waals surface area contributed by atoms with E-state index in [2.05, 4.69) is 15.9 Å². The van der Waals surface area contributed by atoms with Crippen molar-refractivity contribution in [1.29, 1.82) is 0 Å². The van der Waals surface area contributed by atoms with E-state index in [0.29, 0.717) is 5.56 Å². The molecule has 1 heterocycles. The molecule has 10 heteroatoms. The summed E-state index contributed by atoms with van der Waals surface area (Å²) in [6.07, 6.45) is 0. The number of benzene rings is 2. The SMILES string of the molecule is O=C(NO)C1CN(C(=O)c2ccc(Br)cc2)CCN1S(=O)(=O)c1ccccc1. The number of halogens is 1. The molecule has 0 aliphatic carbocycles. The van der Waals surface area contributed by atoms with E-state index < -0.39 is 22.0 Å². The van der Waals surface area contributed by atoms with Gasteiger partial charge in [0.05, 0.1) is 4.90 Å².